The fourth-order valence-electron chi connectivity index (χ4n) is 3.65. The maximum Gasteiger partial charge on any atom is 0.261 e. The molecule has 35 heavy (non-hydrogen) atoms. The van der Waals surface area contributed by atoms with Crippen LogP contribution in [0.4, 0.5) is 17.1 Å². The van der Waals surface area contributed by atoms with Crippen molar-refractivity contribution in [3.63, 3.8) is 0 Å². The lowest BCUT2D eigenvalue weighted by Crippen LogP contribution is -2.38. The number of carbonyl (C=O) groups is 1. The first-order chi connectivity index (χ1) is 16.4. The number of carbonyl (C=O) groups excluding carboxylic acids is 1. The summed E-state index contributed by atoms with van der Waals surface area (Å²) in [6.45, 7) is 5.14. The molecule has 3 rings (SSSR count). The zero-order chi connectivity index (χ0) is 25.8. The summed E-state index contributed by atoms with van der Waals surface area (Å²) in [7, 11) is -7.55. The quantitative estimate of drug-likeness (QED) is 0.446. The summed E-state index contributed by atoms with van der Waals surface area (Å²) < 4.78 is 54.2. The molecule has 0 fully saturated rings. The lowest BCUT2D eigenvalue weighted by atomic mass is 10.1. The van der Waals surface area contributed by atoms with Gasteiger partial charge in [-0.1, -0.05) is 43.3 Å². The van der Waals surface area contributed by atoms with Gasteiger partial charge in [0.05, 0.1) is 22.5 Å². The molecule has 0 spiro atoms. The van der Waals surface area contributed by atoms with Crippen molar-refractivity contribution in [2.24, 2.45) is 0 Å². The molecule has 0 aliphatic heterocycles. The third kappa shape index (κ3) is 6.40. The highest BCUT2D eigenvalue weighted by Crippen LogP contribution is 2.25. The summed E-state index contributed by atoms with van der Waals surface area (Å²) in [5.41, 5.74) is 3.73. The Morgan fingerprint density at radius 3 is 2.03 bits per heavy atom. The van der Waals surface area contributed by atoms with Crippen LogP contribution in [-0.4, -0.2) is 35.5 Å². The molecule has 0 atom stereocenters. The second-order valence-corrected chi connectivity index (χ2v) is 11.8. The van der Waals surface area contributed by atoms with E-state index < -0.39 is 32.5 Å². The maximum atomic E-state index is 12.8. The van der Waals surface area contributed by atoms with E-state index in [1.165, 1.54) is 24.3 Å². The average molecular weight is 516 g/mol. The molecule has 3 aromatic rings. The third-order valence-corrected chi connectivity index (χ3v) is 7.99. The average Bonchev–Trinajstić information content (AvgIpc) is 2.79. The molecule has 186 valence electrons. The summed E-state index contributed by atoms with van der Waals surface area (Å²) in [6.07, 6.45) is 1.66. The standard InChI is InChI=1S/C25H29N3O5S2/c1-5-20-11-6-7-12-23(20)28(34(4,30)31)17-24(29)26-21-13-15-22(16-14-21)35(32,33)27-25-18(2)9-8-10-19(25)3/h6-16,27H,5,17H2,1-4H3,(H,26,29). The molecule has 3 aromatic carbocycles. The van der Waals surface area contributed by atoms with E-state index in [1.54, 1.807) is 12.1 Å². The van der Waals surface area contributed by atoms with Gasteiger partial charge in [0.1, 0.15) is 6.54 Å². The molecule has 0 bridgehead atoms. The third-order valence-electron chi connectivity index (χ3n) is 5.49. The van der Waals surface area contributed by atoms with Crippen LogP contribution >= 0.6 is 0 Å². The number of amides is 1. The minimum absolute atomic E-state index is 0.0350. The van der Waals surface area contributed by atoms with Crippen LogP contribution in [0.25, 0.3) is 0 Å². The number of para-hydroxylation sites is 2. The first kappa shape index (κ1) is 26.2. The molecule has 2 N–H and O–H groups in total. The van der Waals surface area contributed by atoms with Crippen LogP contribution in [0.3, 0.4) is 0 Å². The zero-order valence-corrected chi connectivity index (χ0v) is 21.7. The molecule has 8 nitrogen and oxygen atoms in total. The molecule has 0 saturated carbocycles. The Morgan fingerprint density at radius 1 is 0.857 bits per heavy atom. The van der Waals surface area contributed by atoms with Gasteiger partial charge in [-0.2, -0.15) is 0 Å². The van der Waals surface area contributed by atoms with Crippen LogP contribution in [0.5, 0.6) is 0 Å². The van der Waals surface area contributed by atoms with Crippen molar-refractivity contribution in [3.8, 4) is 0 Å². The molecule has 10 heteroatoms. The van der Waals surface area contributed by atoms with Gasteiger partial charge in [0.2, 0.25) is 15.9 Å². The highest BCUT2D eigenvalue weighted by atomic mass is 32.2. The van der Waals surface area contributed by atoms with Gasteiger partial charge in [-0.3, -0.25) is 13.8 Å². The molecule has 0 radical (unpaired) electrons. The first-order valence-electron chi connectivity index (χ1n) is 11.0. The Morgan fingerprint density at radius 2 is 1.46 bits per heavy atom. The Balaban J connectivity index is 1.76. The number of anilines is 3. The van der Waals surface area contributed by atoms with E-state index in [9.17, 15) is 21.6 Å². The molecular formula is C25H29N3O5S2. The molecule has 0 heterocycles. The number of hydrogen-bond donors (Lipinski definition) is 2. The van der Waals surface area contributed by atoms with Gasteiger partial charge in [-0.15, -0.1) is 0 Å². The van der Waals surface area contributed by atoms with Crippen LogP contribution in [0, 0.1) is 13.8 Å². The van der Waals surface area contributed by atoms with E-state index in [4.69, 9.17) is 0 Å². The minimum Gasteiger partial charge on any atom is -0.325 e. The molecule has 0 unspecified atom stereocenters. The Hall–Kier alpha value is -3.37. The maximum absolute atomic E-state index is 12.8. The lowest BCUT2D eigenvalue weighted by molar-refractivity contribution is -0.114. The second kappa shape index (κ2) is 10.5. The van der Waals surface area contributed by atoms with Gasteiger partial charge in [-0.05, 0) is 67.3 Å². The molecular weight excluding hydrogens is 486 g/mol. The van der Waals surface area contributed by atoms with E-state index in [2.05, 4.69) is 10.0 Å². The van der Waals surface area contributed by atoms with E-state index >= 15 is 0 Å². The van der Waals surface area contributed by atoms with E-state index in [1.807, 2.05) is 51.1 Å². The fraction of sp³-hybridized carbons (Fsp3) is 0.240. The first-order valence-corrected chi connectivity index (χ1v) is 14.3. The SMILES string of the molecule is CCc1ccccc1N(CC(=O)Nc1ccc(S(=O)(=O)Nc2c(C)cccc2C)cc1)S(C)(=O)=O. The van der Waals surface area contributed by atoms with E-state index in [-0.39, 0.29) is 4.90 Å². The van der Waals surface area contributed by atoms with Gasteiger partial charge >= 0.3 is 0 Å². The van der Waals surface area contributed by atoms with Crippen molar-refractivity contribution in [3.05, 3.63) is 83.4 Å². The van der Waals surface area contributed by atoms with Crippen molar-refractivity contribution in [2.45, 2.75) is 32.1 Å². The van der Waals surface area contributed by atoms with E-state index in [0.29, 0.717) is 23.5 Å². The van der Waals surface area contributed by atoms with Crippen molar-refractivity contribution in [1.29, 1.82) is 0 Å². The summed E-state index contributed by atoms with van der Waals surface area (Å²) in [6, 6.07) is 18.2. The Kier molecular flexibility index (Phi) is 7.86. The highest BCUT2D eigenvalue weighted by Gasteiger charge is 2.23. The highest BCUT2D eigenvalue weighted by molar-refractivity contribution is 7.92. The number of nitrogens with one attached hydrogen (secondary N) is 2. The number of aryl methyl sites for hydroxylation is 3. The van der Waals surface area contributed by atoms with Crippen molar-refractivity contribution in [1.82, 2.24) is 0 Å². The van der Waals surface area contributed by atoms with Gasteiger partial charge < -0.3 is 5.32 Å². The minimum atomic E-state index is -3.84. The molecule has 1 amide bonds. The van der Waals surface area contributed by atoms with Crippen LogP contribution in [-0.2, 0) is 31.3 Å². The van der Waals surface area contributed by atoms with Gasteiger partial charge in [-0.25, -0.2) is 16.8 Å². The van der Waals surface area contributed by atoms with Crippen LogP contribution < -0.4 is 14.3 Å². The second-order valence-electron chi connectivity index (χ2n) is 8.20. The number of sulfonamides is 2. The molecule has 0 saturated heterocycles. The van der Waals surface area contributed by atoms with E-state index in [0.717, 1.165) is 27.3 Å². The van der Waals surface area contributed by atoms with Crippen LogP contribution in [0.2, 0.25) is 0 Å². The largest absolute Gasteiger partial charge is 0.325 e. The predicted octanol–water partition coefficient (Wildman–Crippen LogP) is 4.07. The number of nitrogens with zero attached hydrogens (tertiary/aromatic N) is 1. The van der Waals surface area contributed by atoms with Gasteiger partial charge in [0.25, 0.3) is 10.0 Å². The number of hydrogen-bond acceptors (Lipinski definition) is 5. The Bertz CT molecular complexity index is 1410. The summed E-state index contributed by atoms with van der Waals surface area (Å²) >= 11 is 0. The van der Waals surface area contributed by atoms with Crippen LogP contribution in [0.15, 0.2) is 71.6 Å². The Labute approximate surface area is 207 Å². The topological polar surface area (TPSA) is 113 Å². The fourth-order valence-corrected chi connectivity index (χ4v) is 5.74. The lowest BCUT2D eigenvalue weighted by Gasteiger charge is -2.24. The zero-order valence-electron chi connectivity index (χ0n) is 20.1. The van der Waals surface area contributed by atoms with Crippen molar-refractivity contribution in [2.75, 3.05) is 27.1 Å². The number of rotatable bonds is 9. The smallest absolute Gasteiger partial charge is 0.261 e. The number of benzene rings is 3. The van der Waals surface area contributed by atoms with Crippen LogP contribution in [0.1, 0.15) is 23.6 Å². The molecule has 0 aliphatic rings. The normalized spacial score (nSPS) is 11.7. The van der Waals surface area contributed by atoms with Gasteiger partial charge in [0.15, 0.2) is 0 Å². The van der Waals surface area contributed by atoms with Crippen molar-refractivity contribution < 1.29 is 21.6 Å². The van der Waals surface area contributed by atoms with Crippen molar-refractivity contribution >= 4 is 43.0 Å². The summed E-state index contributed by atoms with van der Waals surface area (Å²) in [5.74, 6) is -0.550. The summed E-state index contributed by atoms with van der Waals surface area (Å²) in [4.78, 5) is 12.7. The summed E-state index contributed by atoms with van der Waals surface area (Å²) in [5, 5.41) is 2.64. The van der Waals surface area contributed by atoms with Gasteiger partial charge in [0, 0.05) is 5.69 Å². The molecule has 0 aliphatic carbocycles. The monoisotopic (exact) mass is 515 g/mol. The molecule has 0 aromatic heterocycles. The predicted molar refractivity (Wildman–Crippen MR) is 140 cm³/mol.